The first-order chi connectivity index (χ1) is 13.3. The van der Waals surface area contributed by atoms with Crippen molar-refractivity contribution in [3.05, 3.63) is 76.5 Å². The molecule has 1 amide bonds. The van der Waals surface area contributed by atoms with E-state index in [1.807, 2.05) is 38.1 Å². The van der Waals surface area contributed by atoms with Crippen molar-refractivity contribution in [2.24, 2.45) is 0 Å². The van der Waals surface area contributed by atoms with Crippen LogP contribution < -0.4 is 16.0 Å². The summed E-state index contributed by atoms with van der Waals surface area (Å²) in [5, 5.41) is 9.16. The highest BCUT2D eigenvalue weighted by Crippen LogP contribution is 2.30. The van der Waals surface area contributed by atoms with Crippen molar-refractivity contribution < 1.29 is 13.6 Å². The number of hydrogen-bond acceptors (Lipinski definition) is 2. The third kappa shape index (κ3) is 4.04. The first-order valence-corrected chi connectivity index (χ1v) is 9.32. The zero-order chi connectivity index (χ0) is 20.4. The summed E-state index contributed by atoms with van der Waals surface area (Å²) in [7, 11) is 0. The first-order valence-electron chi connectivity index (χ1n) is 8.91. The fourth-order valence-corrected chi connectivity index (χ4v) is 3.51. The van der Waals surface area contributed by atoms with E-state index in [-0.39, 0.29) is 11.8 Å². The van der Waals surface area contributed by atoms with E-state index in [1.165, 1.54) is 6.07 Å². The summed E-state index contributed by atoms with van der Waals surface area (Å²) in [6.45, 7) is 5.81. The Morgan fingerprint density at radius 1 is 1.14 bits per heavy atom. The van der Waals surface area contributed by atoms with Crippen LogP contribution in [-0.4, -0.2) is 11.0 Å². The summed E-state index contributed by atoms with van der Waals surface area (Å²) in [5.74, 6) is -2.05. The van der Waals surface area contributed by atoms with E-state index >= 15 is 0 Å². The van der Waals surface area contributed by atoms with Gasteiger partial charge in [-0.15, -0.1) is 0 Å². The summed E-state index contributed by atoms with van der Waals surface area (Å²) < 4.78 is 27.1. The molecule has 2 aromatic rings. The minimum atomic E-state index is -0.980. The molecule has 146 valence electrons. The molecule has 0 saturated carbocycles. The highest BCUT2D eigenvalue weighted by molar-refractivity contribution is 7.80. The quantitative estimate of drug-likeness (QED) is 0.660. The van der Waals surface area contributed by atoms with E-state index in [4.69, 9.17) is 12.2 Å². The smallest absolute Gasteiger partial charge is 0.255 e. The lowest BCUT2D eigenvalue weighted by Gasteiger charge is -2.30. The minimum Gasteiger partial charge on any atom is -0.351 e. The second-order valence-corrected chi connectivity index (χ2v) is 7.35. The highest BCUT2D eigenvalue weighted by atomic mass is 32.1. The monoisotopic (exact) mass is 401 g/mol. The van der Waals surface area contributed by atoms with Crippen LogP contribution in [0.5, 0.6) is 0 Å². The van der Waals surface area contributed by atoms with Gasteiger partial charge in [-0.3, -0.25) is 4.79 Å². The molecule has 0 bridgehead atoms. The average Bonchev–Trinajstić information content (AvgIpc) is 2.63. The Morgan fingerprint density at radius 3 is 2.54 bits per heavy atom. The molecule has 0 fully saturated rings. The maximum absolute atomic E-state index is 13.8. The van der Waals surface area contributed by atoms with Crippen LogP contribution in [0.4, 0.5) is 14.5 Å². The Bertz CT molecular complexity index is 972. The number of para-hydroxylation sites is 1. The summed E-state index contributed by atoms with van der Waals surface area (Å²) in [4.78, 5) is 13.1. The van der Waals surface area contributed by atoms with Gasteiger partial charge in [0.25, 0.3) is 5.91 Å². The van der Waals surface area contributed by atoms with Crippen molar-refractivity contribution in [1.29, 1.82) is 0 Å². The van der Waals surface area contributed by atoms with E-state index in [9.17, 15) is 13.6 Å². The van der Waals surface area contributed by atoms with Crippen LogP contribution >= 0.6 is 12.2 Å². The van der Waals surface area contributed by atoms with Crippen molar-refractivity contribution in [3.63, 3.8) is 0 Å². The molecule has 7 heteroatoms. The van der Waals surface area contributed by atoms with Crippen molar-refractivity contribution in [2.45, 2.75) is 32.7 Å². The Hall–Kier alpha value is -2.80. The number of halogens is 2. The SMILES string of the molecule is CC1=C(C(=O)Nc2ccccc2C(C)C)[C@@H](c2ccc(F)c(F)c2)NC(=S)N1. The zero-order valence-corrected chi connectivity index (χ0v) is 16.6. The first kappa shape index (κ1) is 19.9. The molecule has 1 aliphatic heterocycles. The van der Waals surface area contributed by atoms with Gasteiger partial charge < -0.3 is 16.0 Å². The predicted octanol–water partition coefficient (Wildman–Crippen LogP) is 4.52. The van der Waals surface area contributed by atoms with Crippen LogP contribution in [0.3, 0.4) is 0 Å². The van der Waals surface area contributed by atoms with Gasteiger partial charge in [-0.05, 0) is 54.4 Å². The van der Waals surface area contributed by atoms with E-state index in [2.05, 4.69) is 16.0 Å². The number of thiocarbonyl (C=S) groups is 1. The Morgan fingerprint density at radius 2 is 1.86 bits per heavy atom. The Kier molecular flexibility index (Phi) is 5.74. The normalized spacial score (nSPS) is 16.6. The van der Waals surface area contributed by atoms with Gasteiger partial charge in [0.2, 0.25) is 0 Å². The lowest BCUT2D eigenvalue weighted by Crippen LogP contribution is -2.45. The van der Waals surface area contributed by atoms with Crippen LogP contribution in [0.2, 0.25) is 0 Å². The molecule has 0 spiro atoms. The van der Waals surface area contributed by atoms with Crippen LogP contribution in [0, 0.1) is 11.6 Å². The van der Waals surface area contributed by atoms with Crippen LogP contribution in [0.1, 0.15) is 43.9 Å². The maximum atomic E-state index is 13.8. The number of anilines is 1. The molecule has 28 heavy (non-hydrogen) atoms. The number of amides is 1. The second kappa shape index (κ2) is 8.06. The molecule has 1 heterocycles. The number of carbonyl (C=O) groups excluding carboxylic acids is 1. The van der Waals surface area contributed by atoms with Gasteiger partial charge in [0.1, 0.15) is 0 Å². The molecule has 1 atom stereocenters. The molecule has 3 N–H and O–H groups in total. The third-order valence-electron chi connectivity index (χ3n) is 4.62. The third-order valence-corrected chi connectivity index (χ3v) is 4.84. The fraction of sp³-hybridized carbons (Fsp3) is 0.238. The molecule has 0 unspecified atom stereocenters. The molecule has 0 radical (unpaired) electrons. The number of hydrogen-bond donors (Lipinski definition) is 3. The van der Waals surface area contributed by atoms with Crippen LogP contribution in [-0.2, 0) is 4.79 Å². The van der Waals surface area contributed by atoms with Crippen molar-refractivity contribution in [1.82, 2.24) is 10.6 Å². The van der Waals surface area contributed by atoms with Crippen LogP contribution in [0.25, 0.3) is 0 Å². The molecule has 0 aromatic heterocycles. The van der Waals surface area contributed by atoms with E-state index in [0.717, 1.165) is 17.7 Å². The van der Waals surface area contributed by atoms with E-state index < -0.39 is 17.7 Å². The Labute approximate surface area is 168 Å². The second-order valence-electron chi connectivity index (χ2n) is 6.94. The molecule has 2 aromatic carbocycles. The zero-order valence-electron chi connectivity index (χ0n) is 15.8. The molecular formula is C21H21F2N3OS. The maximum Gasteiger partial charge on any atom is 0.255 e. The topological polar surface area (TPSA) is 53.2 Å². The Balaban J connectivity index is 1.99. The number of rotatable bonds is 4. The number of carbonyl (C=O) groups is 1. The molecule has 4 nitrogen and oxygen atoms in total. The molecule has 0 aliphatic carbocycles. The molecular weight excluding hydrogens is 380 g/mol. The number of nitrogens with one attached hydrogen (secondary N) is 3. The van der Waals surface area contributed by atoms with Gasteiger partial charge in [-0.1, -0.05) is 38.1 Å². The summed E-state index contributed by atoms with van der Waals surface area (Å²) in [5.41, 5.74) is 3.03. The van der Waals surface area contributed by atoms with Gasteiger partial charge in [-0.25, -0.2) is 8.78 Å². The lowest BCUT2D eigenvalue weighted by atomic mass is 9.94. The van der Waals surface area contributed by atoms with Gasteiger partial charge >= 0.3 is 0 Å². The van der Waals surface area contributed by atoms with Crippen molar-refractivity contribution in [3.8, 4) is 0 Å². The van der Waals surface area contributed by atoms with Gasteiger partial charge in [-0.2, -0.15) is 0 Å². The van der Waals surface area contributed by atoms with Gasteiger partial charge in [0.15, 0.2) is 16.7 Å². The highest BCUT2D eigenvalue weighted by Gasteiger charge is 2.30. The van der Waals surface area contributed by atoms with Crippen molar-refractivity contribution >= 4 is 28.9 Å². The van der Waals surface area contributed by atoms with Gasteiger partial charge in [0.05, 0.1) is 11.6 Å². The number of allylic oxidation sites excluding steroid dienone is 1. The molecule has 1 aliphatic rings. The van der Waals surface area contributed by atoms with Crippen LogP contribution in [0.15, 0.2) is 53.7 Å². The summed E-state index contributed by atoms with van der Waals surface area (Å²) in [6, 6.07) is 10.4. The summed E-state index contributed by atoms with van der Waals surface area (Å²) in [6.07, 6.45) is 0. The fourth-order valence-electron chi connectivity index (χ4n) is 3.24. The molecule has 3 rings (SSSR count). The van der Waals surface area contributed by atoms with E-state index in [1.54, 1.807) is 6.92 Å². The largest absolute Gasteiger partial charge is 0.351 e. The number of benzene rings is 2. The minimum absolute atomic E-state index is 0.226. The lowest BCUT2D eigenvalue weighted by molar-refractivity contribution is -0.113. The van der Waals surface area contributed by atoms with Crippen molar-refractivity contribution in [2.75, 3.05) is 5.32 Å². The standard InChI is InChI=1S/C21H21F2N3OS/c1-11(2)14-6-4-5-7-17(14)25-20(27)18-12(3)24-21(28)26-19(18)13-8-9-15(22)16(23)10-13/h4-11,19H,1-3H3,(H,25,27)(H2,24,26,28)/t19-/m1/s1. The van der Waals surface area contributed by atoms with Gasteiger partial charge in [0, 0.05) is 11.4 Å². The molecule has 0 saturated heterocycles. The van der Waals surface area contributed by atoms with E-state index in [0.29, 0.717) is 27.6 Å². The average molecular weight is 401 g/mol. The summed E-state index contributed by atoms with van der Waals surface area (Å²) >= 11 is 5.19. The predicted molar refractivity (Wildman–Crippen MR) is 110 cm³/mol.